The topological polar surface area (TPSA) is 17.1 Å². The Morgan fingerprint density at radius 3 is 2.47 bits per heavy atom. The molecule has 0 aliphatic heterocycles. The highest BCUT2D eigenvalue weighted by Gasteiger charge is 2.16. The van der Waals surface area contributed by atoms with Crippen molar-refractivity contribution in [2.75, 3.05) is 0 Å². The predicted octanol–water partition coefficient (Wildman–Crippen LogP) is 4.09. The van der Waals surface area contributed by atoms with Crippen molar-refractivity contribution in [2.24, 2.45) is 0 Å². The lowest BCUT2D eigenvalue weighted by atomic mass is 10.1. The molecule has 3 heteroatoms. The minimum atomic E-state index is 0.130. The first-order valence-electron chi connectivity index (χ1n) is 5.55. The lowest BCUT2D eigenvalue weighted by molar-refractivity contribution is -0.107. The molecule has 88 valence electrons. The molecule has 0 aromatic heterocycles. The number of hydrogen-bond donors (Lipinski definition) is 1. The number of carbonyl (C=O) groups excluding carboxylic acids is 1. The van der Waals surface area contributed by atoms with Gasteiger partial charge >= 0.3 is 0 Å². The summed E-state index contributed by atoms with van der Waals surface area (Å²) >= 11 is 5.92. The SMILES string of the molecule is C=C(C)C(=O)SC(CCC)CC(S)CC. The Hall–Kier alpha value is 0.110. The number of hydrogen-bond acceptors (Lipinski definition) is 3. The maximum atomic E-state index is 11.5. The molecule has 0 saturated carbocycles. The van der Waals surface area contributed by atoms with Crippen molar-refractivity contribution < 1.29 is 4.79 Å². The van der Waals surface area contributed by atoms with Crippen LogP contribution in [0.25, 0.3) is 0 Å². The number of carbonyl (C=O) groups is 1. The van der Waals surface area contributed by atoms with Gasteiger partial charge in [-0.05, 0) is 31.8 Å². The molecule has 15 heavy (non-hydrogen) atoms. The largest absolute Gasteiger partial charge is 0.282 e. The van der Waals surface area contributed by atoms with Gasteiger partial charge in [-0.2, -0.15) is 12.6 Å². The molecule has 0 aliphatic rings. The fourth-order valence-electron chi connectivity index (χ4n) is 1.27. The maximum absolute atomic E-state index is 11.5. The second-order valence-electron chi connectivity index (χ2n) is 3.89. The molecule has 0 aliphatic carbocycles. The van der Waals surface area contributed by atoms with Crippen molar-refractivity contribution >= 4 is 29.5 Å². The average Bonchev–Trinajstić information content (AvgIpc) is 2.17. The average molecular weight is 246 g/mol. The van der Waals surface area contributed by atoms with Gasteiger partial charge in [0.15, 0.2) is 0 Å². The molecule has 2 atom stereocenters. The number of thioether (sulfide) groups is 1. The summed E-state index contributed by atoms with van der Waals surface area (Å²) in [6.45, 7) is 9.73. The fraction of sp³-hybridized carbons (Fsp3) is 0.750. The summed E-state index contributed by atoms with van der Waals surface area (Å²) in [5.74, 6) is 0. The minimum Gasteiger partial charge on any atom is -0.282 e. The summed E-state index contributed by atoms with van der Waals surface area (Å²) in [6, 6.07) is 0. The number of thiol groups is 1. The van der Waals surface area contributed by atoms with E-state index >= 15 is 0 Å². The Balaban J connectivity index is 4.14. The van der Waals surface area contributed by atoms with Crippen LogP contribution in [0.15, 0.2) is 12.2 Å². The lowest BCUT2D eigenvalue weighted by Gasteiger charge is -2.17. The van der Waals surface area contributed by atoms with Crippen LogP contribution in [0.1, 0.15) is 46.5 Å². The molecule has 0 spiro atoms. The van der Waals surface area contributed by atoms with Crippen molar-refractivity contribution in [3.05, 3.63) is 12.2 Å². The van der Waals surface area contributed by atoms with E-state index in [-0.39, 0.29) is 5.12 Å². The minimum absolute atomic E-state index is 0.130. The van der Waals surface area contributed by atoms with Gasteiger partial charge in [-0.25, -0.2) is 0 Å². The van der Waals surface area contributed by atoms with Gasteiger partial charge in [0.2, 0.25) is 5.12 Å². The molecule has 2 unspecified atom stereocenters. The summed E-state index contributed by atoms with van der Waals surface area (Å²) in [7, 11) is 0. The molecule has 0 rings (SSSR count). The van der Waals surface area contributed by atoms with Crippen molar-refractivity contribution in [2.45, 2.75) is 57.0 Å². The van der Waals surface area contributed by atoms with Crippen molar-refractivity contribution in [1.29, 1.82) is 0 Å². The highest BCUT2D eigenvalue weighted by atomic mass is 32.2. The van der Waals surface area contributed by atoms with Crippen molar-refractivity contribution in [3.8, 4) is 0 Å². The third-order valence-corrected chi connectivity index (χ3v) is 4.14. The molecule has 0 heterocycles. The third kappa shape index (κ3) is 7.07. The van der Waals surface area contributed by atoms with Crippen LogP contribution < -0.4 is 0 Å². The molecule has 0 N–H and O–H groups in total. The van der Waals surface area contributed by atoms with Gasteiger partial charge in [0.05, 0.1) is 0 Å². The van der Waals surface area contributed by atoms with Crippen LogP contribution in [0.3, 0.4) is 0 Å². The van der Waals surface area contributed by atoms with Crippen LogP contribution in [0.4, 0.5) is 0 Å². The molecule has 0 aromatic rings. The van der Waals surface area contributed by atoms with E-state index in [0.717, 1.165) is 25.7 Å². The van der Waals surface area contributed by atoms with E-state index in [2.05, 4.69) is 33.1 Å². The highest BCUT2D eigenvalue weighted by Crippen LogP contribution is 2.26. The van der Waals surface area contributed by atoms with Crippen LogP contribution in [-0.2, 0) is 4.79 Å². The molecule has 0 aromatic carbocycles. The Labute approximate surface area is 104 Å². The van der Waals surface area contributed by atoms with E-state index in [1.54, 1.807) is 6.92 Å². The Morgan fingerprint density at radius 2 is 2.07 bits per heavy atom. The zero-order chi connectivity index (χ0) is 11.8. The smallest absolute Gasteiger partial charge is 0.214 e. The van der Waals surface area contributed by atoms with Gasteiger partial charge in [0, 0.05) is 10.5 Å². The maximum Gasteiger partial charge on any atom is 0.214 e. The van der Waals surface area contributed by atoms with Gasteiger partial charge in [-0.1, -0.05) is 38.6 Å². The summed E-state index contributed by atoms with van der Waals surface area (Å²) in [5, 5.41) is 0.943. The van der Waals surface area contributed by atoms with E-state index in [1.165, 1.54) is 11.8 Å². The zero-order valence-electron chi connectivity index (χ0n) is 9.95. The van der Waals surface area contributed by atoms with E-state index in [1.807, 2.05) is 0 Å². The Bertz CT molecular complexity index is 214. The Kier molecular flexibility index (Phi) is 8.34. The first kappa shape index (κ1) is 15.1. The first-order valence-corrected chi connectivity index (χ1v) is 6.95. The molecule has 1 nitrogen and oxygen atoms in total. The van der Waals surface area contributed by atoms with Gasteiger partial charge < -0.3 is 0 Å². The molecule has 0 saturated heterocycles. The van der Waals surface area contributed by atoms with Gasteiger partial charge in [-0.3, -0.25) is 4.79 Å². The molecular weight excluding hydrogens is 224 g/mol. The fourth-order valence-corrected chi connectivity index (χ4v) is 2.85. The van der Waals surface area contributed by atoms with Crippen LogP contribution >= 0.6 is 24.4 Å². The van der Waals surface area contributed by atoms with E-state index in [4.69, 9.17) is 0 Å². The molecule has 0 fully saturated rings. The zero-order valence-corrected chi connectivity index (χ0v) is 11.7. The van der Waals surface area contributed by atoms with Gasteiger partial charge in [0.25, 0.3) is 0 Å². The predicted molar refractivity (Wildman–Crippen MR) is 73.8 cm³/mol. The van der Waals surface area contributed by atoms with E-state index in [0.29, 0.717) is 16.1 Å². The summed E-state index contributed by atoms with van der Waals surface area (Å²) < 4.78 is 0. The second-order valence-corrected chi connectivity index (χ2v) is 5.90. The first-order chi connectivity index (χ1) is 7.01. The summed E-state index contributed by atoms with van der Waals surface area (Å²) in [4.78, 5) is 11.5. The standard InChI is InChI=1S/C12H22OS2/c1-5-7-11(8-10(14)6-2)15-12(13)9(3)4/h10-11,14H,3,5-8H2,1-2,4H3. The van der Waals surface area contributed by atoms with Gasteiger partial charge in [0.1, 0.15) is 0 Å². The van der Waals surface area contributed by atoms with Crippen LogP contribution in [0.2, 0.25) is 0 Å². The van der Waals surface area contributed by atoms with Crippen LogP contribution in [-0.4, -0.2) is 15.6 Å². The lowest BCUT2D eigenvalue weighted by Crippen LogP contribution is -2.13. The molecule has 0 bridgehead atoms. The molecule has 0 radical (unpaired) electrons. The van der Waals surface area contributed by atoms with E-state index in [9.17, 15) is 4.79 Å². The number of rotatable bonds is 7. The highest BCUT2D eigenvalue weighted by molar-refractivity contribution is 8.14. The van der Waals surface area contributed by atoms with Crippen LogP contribution in [0, 0.1) is 0 Å². The second kappa shape index (κ2) is 8.28. The quantitative estimate of drug-likeness (QED) is 0.538. The van der Waals surface area contributed by atoms with Crippen molar-refractivity contribution in [1.82, 2.24) is 0 Å². The van der Waals surface area contributed by atoms with Gasteiger partial charge in [-0.15, -0.1) is 0 Å². The summed E-state index contributed by atoms with van der Waals surface area (Å²) in [6.07, 6.45) is 4.27. The third-order valence-electron chi connectivity index (χ3n) is 2.24. The Morgan fingerprint density at radius 1 is 1.47 bits per heavy atom. The van der Waals surface area contributed by atoms with Crippen molar-refractivity contribution in [3.63, 3.8) is 0 Å². The molecular formula is C12H22OS2. The van der Waals surface area contributed by atoms with E-state index < -0.39 is 0 Å². The summed E-state index contributed by atoms with van der Waals surface area (Å²) in [5.41, 5.74) is 0.647. The normalized spacial score (nSPS) is 14.7. The molecule has 0 amide bonds. The van der Waals surface area contributed by atoms with Crippen LogP contribution in [0.5, 0.6) is 0 Å². The monoisotopic (exact) mass is 246 g/mol.